The normalized spacial score (nSPS) is 30.8. The third kappa shape index (κ3) is 2.84. The number of amides is 1. The highest BCUT2D eigenvalue weighted by Gasteiger charge is 2.70. The van der Waals surface area contributed by atoms with Gasteiger partial charge in [0.05, 0.1) is 17.5 Å². The second kappa shape index (κ2) is 6.93. The van der Waals surface area contributed by atoms with Crippen LogP contribution in [0, 0.1) is 18.3 Å². The first-order valence-electron chi connectivity index (χ1n) is 7.52. The number of anilines is 1. The summed E-state index contributed by atoms with van der Waals surface area (Å²) in [5, 5.41) is 2.96. The Morgan fingerprint density at radius 2 is 2.13 bits per heavy atom. The minimum atomic E-state index is -0.889. The third-order valence-corrected chi connectivity index (χ3v) is 5.32. The van der Waals surface area contributed by atoms with Gasteiger partial charge in [-0.25, -0.2) is 0 Å². The van der Waals surface area contributed by atoms with Crippen LogP contribution in [-0.4, -0.2) is 29.1 Å². The first kappa shape index (κ1) is 20.2. The van der Waals surface area contributed by atoms with Gasteiger partial charge in [0, 0.05) is 24.1 Å². The van der Waals surface area contributed by atoms with Crippen LogP contribution < -0.4 is 11.1 Å². The van der Waals surface area contributed by atoms with Crippen molar-refractivity contribution in [3.8, 4) is 0 Å². The number of nitrogens with zero attached hydrogens (tertiary/aromatic N) is 1. The minimum Gasteiger partial charge on any atom is -0.377 e. The van der Waals surface area contributed by atoms with E-state index in [0.29, 0.717) is 0 Å². The summed E-state index contributed by atoms with van der Waals surface area (Å²) < 4.78 is 5.84. The average Bonchev–Trinajstić information content (AvgIpc) is 2.48. The molecule has 1 saturated heterocycles. The maximum absolute atomic E-state index is 12.8. The van der Waals surface area contributed by atoms with E-state index in [1.165, 1.54) is 0 Å². The van der Waals surface area contributed by atoms with E-state index in [2.05, 4.69) is 10.3 Å². The van der Waals surface area contributed by atoms with Gasteiger partial charge in [-0.3, -0.25) is 9.78 Å². The molecule has 1 amide bonds. The second-order valence-corrected chi connectivity index (χ2v) is 6.72. The van der Waals surface area contributed by atoms with Gasteiger partial charge in [-0.05, 0) is 31.9 Å². The molecule has 0 radical (unpaired) electrons. The highest BCUT2D eigenvalue weighted by atomic mass is 35.5. The van der Waals surface area contributed by atoms with Crippen LogP contribution >= 0.6 is 24.8 Å². The van der Waals surface area contributed by atoms with Crippen molar-refractivity contribution < 1.29 is 9.53 Å². The summed E-state index contributed by atoms with van der Waals surface area (Å²) in [4.78, 5) is 17.0. The van der Waals surface area contributed by atoms with Crippen LogP contribution in [0.25, 0.3) is 0 Å². The monoisotopic (exact) mass is 361 g/mol. The summed E-state index contributed by atoms with van der Waals surface area (Å²) in [6.07, 6.45) is 3.71. The van der Waals surface area contributed by atoms with Crippen LogP contribution in [0.15, 0.2) is 18.3 Å². The highest BCUT2D eigenvalue weighted by molar-refractivity contribution is 6.00. The van der Waals surface area contributed by atoms with E-state index in [4.69, 9.17) is 10.5 Å². The van der Waals surface area contributed by atoms with E-state index in [9.17, 15) is 4.79 Å². The van der Waals surface area contributed by atoms with E-state index < -0.39 is 5.54 Å². The van der Waals surface area contributed by atoms with Crippen LogP contribution in [0.3, 0.4) is 0 Å². The molecule has 1 aromatic heterocycles. The molecule has 2 aliphatic rings. The molecule has 130 valence electrons. The Hall–Kier alpha value is -0.880. The lowest BCUT2D eigenvalue weighted by Crippen LogP contribution is -2.81. The van der Waals surface area contributed by atoms with Gasteiger partial charge in [0.1, 0.15) is 5.54 Å². The van der Waals surface area contributed by atoms with Gasteiger partial charge in [-0.1, -0.05) is 13.8 Å². The summed E-state index contributed by atoms with van der Waals surface area (Å²) >= 11 is 0. The molecule has 5 nitrogen and oxygen atoms in total. The summed E-state index contributed by atoms with van der Waals surface area (Å²) in [6.45, 7) is 6.69. The molecule has 3 atom stereocenters. The Labute approximate surface area is 149 Å². The third-order valence-electron chi connectivity index (χ3n) is 5.32. The second-order valence-electron chi connectivity index (χ2n) is 6.72. The van der Waals surface area contributed by atoms with E-state index in [1.54, 1.807) is 6.20 Å². The molecule has 1 aliphatic heterocycles. The van der Waals surface area contributed by atoms with Gasteiger partial charge in [0.2, 0.25) is 5.91 Å². The predicted molar refractivity (Wildman–Crippen MR) is 95.3 cm³/mol. The lowest BCUT2D eigenvalue weighted by Gasteiger charge is -2.65. The Bertz CT molecular complexity index is 582. The van der Waals surface area contributed by atoms with Crippen molar-refractivity contribution in [2.45, 2.75) is 45.3 Å². The maximum atomic E-state index is 12.8. The number of ether oxygens (including phenoxy) is 1. The SMILES string of the molecule is Cc1ncccc1NC(=O)C1(N)C2CCCOC2C1(C)C.Cl.Cl. The minimum absolute atomic E-state index is 0. The Balaban J connectivity index is 0.00000132. The molecule has 0 spiro atoms. The van der Waals surface area contributed by atoms with Gasteiger partial charge in [-0.2, -0.15) is 0 Å². The number of carbonyl (C=O) groups excluding carboxylic acids is 1. The molecule has 3 N–H and O–H groups in total. The fourth-order valence-corrected chi connectivity index (χ4v) is 3.88. The van der Waals surface area contributed by atoms with Crippen LogP contribution in [-0.2, 0) is 9.53 Å². The number of pyridine rings is 1. The number of halogens is 2. The van der Waals surface area contributed by atoms with Crippen LogP contribution in [0.4, 0.5) is 5.69 Å². The summed E-state index contributed by atoms with van der Waals surface area (Å²) in [6, 6.07) is 3.66. The van der Waals surface area contributed by atoms with Crippen LogP contribution in [0.1, 0.15) is 32.4 Å². The molecule has 1 aromatic rings. The van der Waals surface area contributed by atoms with Crippen molar-refractivity contribution in [1.82, 2.24) is 4.98 Å². The summed E-state index contributed by atoms with van der Waals surface area (Å²) in [5.74, 6) is -0.0337. The summed E-state index contributed by atoms with van der Waals surface area (Å²) in [7, 11) is 0. The fourth-order valence-electron chi connectivity index (χ4n) is 3.88. The van der Waals surface area contributed by atoms with E-state index >= 15 is 0 Å². The average molecular weight is 362 g/mol. The van der Waals surface area contributed by atoms with Gasteiger partial charge in [0.15, 0.2) is 0 Å². The quantitative estimate of drug-likeness (QED) is 0.848. The van der Waals surface area contributed by atoms with E-state index in [-0.39, 0.29) is 48.2 Å². The van der Waals surface area contributed by atoms with E-state index in [1.807, 2.05) is 32.9 Å². The number of aryl methyl sites for hydroxylation is 1. The summed E-state index contributed by atoms with van der Waals surface area (Å²) in [5.41, 5.74) is 6.83. The smallest absolute Gasteiger partial charge is 0.245 e. The molecule has 1 saturated carbocycles. The van der Waals surface area contributed by atoms with Crippen molar-refractivity contribution in [2.24, 2.45) is 17.1 Å². The topological polar surface area (TPSA) is 77.2 Å². The zero-order chi connectivity index (χ0) is 15.3. The molecule has 3 rings (SSSR count). The van der Waals surface area contributed by atoms with E-state index in [0.717, 1.165) is 30.8 Å². The molecule has 2 fully saturated rings. The zero-order valence-corrected chi connectivity index (χ0v) is 15.3. The molecule has 23 heavy (non-hydrogen) atoms. The van der Waals surface area contributed by atoms with Crippen molar-refractivity contribution in [2.75, 3.05) is 11.9 Å². The zero-order valence-electron chi connectivity index (χ0n) is 13.7. The number of nitrogens with one attached hydrogen (secondary N) is 1. The molecule has 3 unspecified atom stereocenters. The largest absolute Gasteiger partial charge is 0.377 e. The number of fused-ring (bicyclic) bond motifs is 1. The number of rotatable bonds is 2. The molecular weight excluding hydrogens is 337 g/mol. The van der Waals surface area contributed by atoms with Gasteiger partial charge < -0.3 is 15.8 Å². The standard InChI is InChI=1S/C16H23N3O2.2ClH/c1-10-12(7-4-8-18-10)19-14(20)16(17)11-6-5-9-21-13(11)15(16,2)3;;/h4,7-8,11,13H,5-6,9,17H2,1-3H3,(H,19,20);2*1H. The highest BCUT2D eigenvalue weighted by Crippen LogP contribution is 2.57. The van der Waals surface area contributed by atoms with Crippen molar-refractivity contribution in [1.29, 1.82) is 0 Å². The number of hydrogen-bond donors (Lipinski definition) is 2. The fraction of sp³-hybridized carbons (Fsp3) is 0.625. The van der Waals surface area contributed by atoms with Gasteiger partial charge >= 0.3 is 0 Å². The Morgan fingerprint density at radius 1 is 1.43 bits per heavy atom. The Kier molecular flexibility index (Phi) is 6.08. The number of nitrogens with two attached hydrogens (primary N) is 1. The maximum Gasteiger partial charge on any atom is 0.245 e. The van der Waals surface area contributed by atoms with Crippen molar-refractivity contribution in [3.05, 3.63) is 24.0 Å². The first-order chi connectivity index (χ1) is 9.89. The molecular formula is C16H25Cl2N3O2. The lowest BCUT2D eigenvalue weighted by molar-refractivity contribution is -0.222. The van der Waals surface area contributed by atoms with Crippen LogP contribution in [0.5, 0.6) is 0 Å². The van der Waals surface area contributed by atoms with Gasteiger partial charge in [-0.15, -0.1) is 24.8 Å². The molecule has 2 heterocycles. The first-order valence-corrected chi connectivity index (χ1v) is 7.52. The van der Waals surface area contributed by atoms with Crippen molar-refractivity contribution in [3.63, 3.8) is 0 Å². The number of carbonyl (C=O) groups is 1. The molecule has 1 aliphatic carbocycles. The lowest BCUT2D eigenvalue weighted by atomic mass is 9.46. The predicted octanol–water partition coefficient (Wildman–Crippen LogP) is 2.70. The number of hydrogen-bond acceptors (Lipinski definition) is 4. The number of aromatic nitrogens is 1. The molecule has 7 heteroatoms. The Morgan fingerprint density at radius 3 is 2.78 bits per heavy atom. The molecule has 0 bridgehead atoms. The van der Waals surface area contributed by atoms with Gasteiger partial charge in [0.25, 0.3) is 0 Å². The molecule has 0 aromatic carbocycles. The van der Waals surface area contributed by atoms with Crippen LogP contribution in [0.2, 0.25) is 0 Å². The van der Waals surface area contributed by atoms with Crippen molar-refractivity contribution >= 4 is 36.4 Å².